The van der Waals surface area contributed by atoms with Crippen LogP contribution < -0.4 is 15.0 Å². The lowest BCUT2D eigenvalue weighted by molar-refractivity contribution is -0.275. The summed E-state index contributed by atoms with van der Waals surface area (Å²) in [7, 11) is 0. The number of anilines is 1. The fraction of sp³-hybridized carbons (Fsp3) is 0.381. The van der Waals surface area contributed by atoms with E-state index in [4.69, 9.17) is 0 Å². The van der Waals surface area contributed by atoms with Gasteiger partial charge in [-0.2, -0.15) is 5.10 Å². The number of aliphatic hydroxyl groups is 1. The number of nitrogens with one attached hydrogen (secondary N) is 1. The van der Waals surface area contributed by atoms with E-state index >= 15 is 0 Å². The number of amides is 1. The Morgan fingerprint density at radius 1 is 1.24 bits per heavy atom. The van der Waals surface area contributed by atoms with Gasteiger partial charge in [0.15, 0.2) is 17.2 Å². The summed E-state index contributed by atoms with van der Waals surface area (Å²) in [5.74, 6) is -2.24. The SMILES string of the molecule is CC(C)(O)C(NC(=O)c1cnn2ccc(N3CCC3)nc12)c1ccc(OC(F)(F)F)c(F)c1. The van der Waals surface area contributed by atoms with Gasteiger partial charge in [-0.3, -0.25) is 4.79 Å². The Labute approximate surface area is 185 Å². The molecule has 8 nitrogen and oxygen atoms in total. The van der Waals surface area contributed by atoms with Crippen LogP contribution in [-0.2, 0) is 0 Å². The van der Waals surface area contributed by atoms with Crippen molar-refractivity contribution in [2.75, 3.05) is 18.0 Å². The normalized spacial score (nSPS) is 15.3. The number of alkyl halides is 3. The Morgan fingerprint density at radius 2 is 1.97 bits per heavy atom. The average Bonchev–Trinajstić information content (AvgIpc) is 3.08. The topological polar surface area (TPSA) is 92.0 Å². The van der Waals surface area contributed by atoms with Crippen LogP contribution in [-0.4, -0.2) is 50.7 Å². The molecule has 1 unspecified atom stereocenters. The molecule has 4 rings (SSSR count). The largest absolute Gasteiger partial charge is 0.573 e. The molecule has 1 fully saturated rings. The van der Waals surface area contributed by atoms with Crippen LogP contribution in [0.4, 0.5) is 23.4 Å². The number of hydrogen-bond acceptors (Lipinski definition) is 6. The molecule has 1 atom stereocenters. The van der Waals surface area contributed by atoms with Crippen molar-refractivity contribution in [2.45, 2.75) is 38.3 Å². The predicted octanol–water partition coefficient (Wildman–Crippen LogP) is 3.22. The van der Waals surface area contributed by atoms with Gasteiger partial charge in [-0.25, -0.2) is 13.9 Å². The van der Waals surface area contributed by atoms with Crippen molar-refractivity contribution in [1.82, 2.24) is 19.9 Å². The van der Waals surface area contributed by atoms with Gasteiger partial charge in [0.2, 0.25) is 0 Å². The summed E-state index contributed by atoms with van der Waals surface area (Å²) < 4.78 is 56.6. The second kappa shape index (κ2) is 8.18. The molecule has 1 aromatic carbocycles. The molecule has 0 radical (unpaired) electrons. The first-order chi connectivity index (χ1) is 15.4. The summed E-state index contributed by atoms with van der Waals surface area (Å²) in [5.41, 5.74) is -1.11. The Morgan fingerprint density at radius 3 is 2.55 bits per heavy atom. The summed E-state index contributed by atoms with van der Waals surface area (Å²) in [4.78, 5) is 19.6. The fourth-order valence-corrected chi connectivity index (χ4v) is 3.52. The number of benzene rings is 1. The van der Waals surface area contributed by atoms with Crippen molar-refractivity contribution in [2.24, 2.45) is 0 Å². The van der Waals surface area contributed by atoms with Crippen molar-refractivity contribution in [3.8, 4) is 5.75 Å². The van der Waals surface area contributed by atoms with E-state index in [2.05, 4.69) is 20.1 Å². The number of nitrogens with zero attached hydrogens (tertiary/aromatic N) is 4. The highest BCUT2D eigenvalue weighted by Gasteiger charge is 2.35. The summed E-state index contributed by atoms with van der Waals surface area (Å²) in [6.07, 6.45) is -1.01. The maximum atomic E-state index is 14.3. The second-order valence-corrected chi connectivity index (χ2v) is 8.25. The highest BCUT2D eigenvalue weighted by molar-refractivity contribution is 6.00. The van der Waals surface area contributed by atoms with E-state index in [1.54, 1.807) is 12.3 Å². The first kappa shape index (κ1) is 22.8. The van der Waals surface area contributed by atoms with Gasteiger partial charge < -0.3 is 20.1 Å². The lowest BCUT2D eigenvalue weighted by atomic mass is 9.91. The van der Waals surface area contributed by atoms with Crippen molar-refractivity contribution in [1.29, 1.82) is 0 Å². The third-order valence-electron chi connectivity index (χ3n) is 5.28. The number of fused-ring (bicyclic) bond motifs is 1. The number of aromatic nitrogens is 3. The number of carbonyl (C=O) groups excluding carboxylic acids is 1. The van der Waals surface area contributed by atoms with Gasteiger partial charge in [0, 0.05) is 19.3 Å². The minimum Gasteiger partial charge on any atom is -0.403 e. The van der Waals surface area contributed by atoms with E-state index < -0.39 is 35.5 Å². The molecule has 1 aliphatic rings. The van der Waals surface area contributed by atoms with E-state index in [0.29, 0.717) is 11.5 Å². The smallest absolute Gasteiger partial charge is 0.403 e. The molecule has 176 valence electrons. The van der Waals surface area contributed by atoms with E-state index in [1.165, 1.54) is 24.6 Å². The summed E-state index contributed by atoms with van der Waals surface area (Å²) in [6.45, 7) is 4.48. The molecule has 33 heavy (non-hydrogen) atoms. The summed E-state index contributed by atoms with van der Waals surface area (Å²) in [6, 6.07) is 3.34. The van der Waals surface area contributed by atoms with Crippen LogP contribution in [0.3, 0.4) is 0 Å². The third-order valence-corrected chi connectivity index (χ3v) is 5.28. The molecule has 1 saturated heterocycles. The number of carbonyl (C=O) groups is 1. The minimum atomic E-state index is -5.06. The molecule has 1 aliphatic heterocycles. The fourth-order valence-electron chi connectivity index (χ4n) is 3.52. The van der Waals surface area contributed by atoms with E-state index in [0.717, 1.165) is 37.7 Å². The average molecular weight is 467 g/mol. The van der Waals surface area contributed by atoms with Crippen molar-refractivity contribution in [3.63, 3.8) is 0 Å². The Balaban J connectivity index is 1.62. The molecule has 2 aromatic heterocycles. The van der Waals surface area contributed by atoms with Crippen molar-refractivity contribution < 1.29 is 32.2 Å². The second-order valence-electron chi connectivity index (χ2n) is 8.25. The zero-order valence-corrected chi connectivity index (χ0v) is 17.7. The highest BCUT2D eigenvalue weighted by atomic mass is 19.4. The Bertz CT molecular complexity index is 1180. The van der Waals surface area contributed by atoms with Crippen LogP contribution >= 0.6 is 0 Å². The van der Waals surface area contributed by atoms with Crippen molar-refractivity contribution in [3.05, 3.63) is 53.6 Å². The number of ether oxygens (including phenoxy) is 1. The molecule has 12 heteroatoms. The van der Waals surface area contributed by atoms with Crippen LogP contribution in [0.5, 0.6) is 5.75 Å². The van der Waals surface area contributed by atoms with E-state index in [1.807, 2.05) is 4.90 Å². The van der Waals surface area contributed by atoms with Crippen LogP contribution in [0, 0.1) is 5.82 Å². The molecule has 3 heterocycles. The zero-order valence-electron chi connectivity index (χ0n) is 17.7. The lowest BCUT2D eigenvalue weighted by Gasteiger charge is -2.32. The minimum absolute atomic E-state index is 0.0496. The van der Waals surface area contributed by atoms with Crippen LogP contribution in [0.1, 0.15) is 42.2 Å². The monoisotopic (exact) mass is 467 g/mol. The first-order valence-electron chi connectivity index (χ1n) is 10.1. The van der Waals surface area contributed by atoms with Gasteiger partial charge in [0.25, 0.3) is 5.91 Å². The molecule has 1 amide bonds. The number of rotatable bonds is 6. The Kier molecular flexibility index (Phi) is 5.64. The van der Waals surface area contributed by atoms with Gasteiger partial charge in [-0.15, -0.1) is 13.2 Å². The molecule has 0 aliphatic carbocycles. The number of halogens is 4. The molecule has 0 bridgehead atoms. The van der Waals surface area contributed by atoms with Crippen molar-refractivity contribution >= 4 is 17.4 Å². The molecule has 0 spiro atoms. The van der Waals surface area contributed by atoms with E-state index in [-0.39, 0.29) is 11.1 Å². The first-order valence-corrected chi connectivity index (χ1v) is 10.1. The quantitative estimate of drug-likeness (QED) is 0.541. The van der Waals surface area contributed by atoms with Gasteiger partial charge >= 0.3 is 6.36 Å². The molecule has 2 N–H and O–H groups in total. The summed E-state index contributed by atoms with van der Waals surface area (Å²) in [5, 5.41) is 17.3. The molecular weight excluding hydrogens is 446 g/mol. The maximum Gasteiger partial charge on any atom is 0.573 e. The third kappa shape index (κ3) is 4.85. The van der Waals surface area contributed by atoms with Crippen LogP contribution in [0.25, 0.3) is 5.65 Å². The predicted molar refractivity (Wildman–Crippen MR) is 109 cm³/mol. The highest BCUT2D eigenvalue weighted by Crippen LogP contribution is 2.32. The van der Waals surface area contributed by atoms with Gasteiger partial charge in [-0.1, -0.05) is 6.07 Å². The van der Waals surface area contributed by atoms with Gasteiger partial charge in [-0.05, 0) is 44.0 Å². The summed E-state index contributed by atoms with van der Waals surface area (Å²) >= 11 is 0. The molecule has 0 saturated carbocycles. The van der Waals surface area contributed by atoms with Crippen LogP contribution in [0.2, 0.25) is 0 Å². The zero-order chi connectivity index (χ0) is 24.0. The lowest BCUT2D eigenvalue weighted by Crippen LogP contribution is -2.42. The van der Waals surface area contributed by atoms with E-state index in [9.17, 15) is 27.5 Å². The number of hydrogen-bond donors (Lipinski definition) is 2. The standard InChI is InChI=1S/C21H21F4N5O3/c1-20(2,32)17(12-4-5-15(14(22)10-12)33-21(23,24)25)28-19(31)13-11-26-30-9-6-16(27-18(13)30)29-7-3-8-29/h4-6,9-11,17,32H,3,7-8H2,1-2H3,(H,28,31). The molecule has 3 aromatic rings. The molecular formula is C21H21F4N5O3. The van der Waals surface area contributed by atoms with Crippen LogP contribution in [0.15, 0.2) is 36.7 Å². The van der Waals surface area contributed by atoms with Gasteiger partial charge in [0.1, 0.15) is 11.4 Å². The Hall–Kier alpha value is -3.41. The van der Waals surface area contributed by atoms with Gasteiger partial charge in [0.05, 0.1) is 17.8 Å². The maximum absolute atomic E-state index is 14.3.